The Hall–Kier alpha value is -1.02. The standard InChI is InChI=1S/C15H21NO/c16-14-8-3-1-2-6-12(14)13-7-4-5-11-9-10-17-15(11)13/h4-5,7,12,14H,1-3,6,8-10,16H2. The molecule has 0 spiro atoms. The lowest BCUT2D eigenvalue weighted by molar-refractivity contribution is 0.347. The van der Waals surface area contributed by atoms with E-state index in [0.717, 1.165) is 25.2 Å². The second-order valence-electron chi connectivity index (χ2n) is 5.34. The van der Waals surface area contributed by atoms with Crippen molar-refractivity contribution in [2.45, 2.75) is 50.5 Å². The zero-order chi connectivity index (χ0) is 11.7. The monoisotopic (exact) mass is 231 g/mol. The zero-order valence-corrected chi connectivity index (χ0v) is 10.3. The highest BCUT2D eigenvalue weighted by molar-refractivity contribution is 5.46. The Morgan fingerprint density at radius 2 is 2.00 bits per heavy atom. The molecule has 2 unspecified atom stereocenters. The summed E-state index contributed by atoms with van der Waals surface area (Å²) >= 11 is 0. The van der Waals surface area contributed by atoms with E-state index in [1.165, 1.54) is 36.8 Å². The molecule has 0 amide bonds. The minimum atomic E-state index is 0.313. The van der Waals surface area contributed by atoms with E-state index in [1.54, 1.807) is 0 Å². The van der Waals surface area contributed by atoms with Crippen LogP contribution in [0, 0.1) is 0 Å². The van der Waals surface area contributed by atoms with E-state index in [0.29, 0.717) is 12.0 Å². The van der Waals surface area contributed by atoms with Gasteiger partial charge in [0.15, 0.2) is 0 Å². The van der Waals surface area contributed by atoms with Gasteiger partial charge in [0.05, 0.1) is 6.61 Å². The summed E-state index contributed by atoms with van der Waals surface area (Å²) in [5.41, 5.74) is 9.09. The molecule has 17 heavy (non-hydrogen) atoms. The van der Waals surface area contributed by atoms with E-state index in [4.69, 9.17) is 10.5 Å². The van der Waals surface area contributed by atoms with Crippen LogP contribution in [-0.2, 0) is 6.42 Å². The molecule has 2 N–H and O–H groups in total. The molecule has 0 radical (unpaired) electrons. The van der Waals surface area contributed by atoms with Crippen LogP contribution >= 0.6 is 0 Å². The number of hydrogen-bond donors (Lipinski definition) is 1. The molecule has 1 aliphatic heterocycles. The molecule has 92 valence electrons. The Morgan fingerprint density at radius 1 is 1.12 bits per heavy atom. The second kappa shape index (κ2) is 4.69. The van der Waals surface area contributed by atoms with Gasteiger partial charge in [-0.2, -0.15) is 0 Å². The molecule has 2 nitrogen and oxygen atoms in total. The predicted octanol–water partition coefficient (Wildman–Crippen LogP) is 3.00. The molecule has 1 saturated carbocycles. The lowest BCUT2D eigenvalue weighted by atomic mass is 9.86. The van der Waals surface area contributed by atoms with E-state index < -0.39 is 0 Å². The molecule has 0 saturated heterocycles. The van der Waals surface area contributed by atoms with Gasteiger partial charge < -0.3 is 10.5 Å². The first-order chi connectivity index (χ1) is 8.36. The zero-order valence-electron chi connectivity index (χ0n) is 10.3. The summed E-state index contributed by atoms with van der Waals surface area (Å²) < 4.78 is 5.82. The number of benzene rings is 1. The third-order valence-corrected chi connectivity index (χ3v) is 4.21. The molecule has 1 heterocycles. The van der Waals surface area contributed by atoms with Crippen LogP contribution in [0.15, 0.2) is 18.2 Å². The van der Waals surface area contributed by atoms with Gasteiger partial charge in [-0.05, 0) is 24.0 Å². The number of fused-ring (bicyclic) bond motifs is 1. The summed E-state index contributed by atoms with van der Waals surface area (Å²) in [5.74, 6) is 1.65. The predicted molar refractivity (Wildman–Crippen MR) is 69.4 cm³/mol. The van der Waals surface area contributed by atoms with Crippen molar-refractivity contribution in [1.29, 1.82) is 0 Å². The largest absolute Gasteiger partial charge is 0.493 e. The molecule has 1 aliphatic carbocycles. The normalized spacial score (nSPS) is 28.3. The van der Waals surface area contributed by atoms with E-state index in [2.05, 4.69) is 18.2 Å². The lowest BCUT2D eigenvalue weighted by Crippen LogP contribution is -2.27. The highest BCUT2D eigenvalue weighted by Gasteiger charge is 2.27. The van der Waals surface area contributed by atoms with Crippen molar-refractivity contribution in [3.05, 3.63) is 29.3 Å². The Bertz CT molecular complexity index is 402. The fourth-order valence-electron chi connectivity index (χ4n) is 3.26. The highest BCUT2D eigenvalue weighted by atomic mass is 16.5. The number of hydrogen-bond acceptors (Lipinski definition) is 2. The van der Waals surface area contributed by atoms with Crippen molar-refractivity contribution < 1.29 is 4.74 Å². The van der Waals surface area contributed by atoms with Gasteiger partial charge in [0.25, 0.3) is 0 Å². The molecule has 0 bridgehead atoms. The SMILES string of the molecule is NC1CCCCCC1c1cccc2c1OCC2. The smallest absolute Gasteiger partial charge is 0.126 e. The van der Waals surface area contributed by atoms with Crippen molar-refractivity contribution in [3.8, 4) is 5.75 Å². The minimum absolute atomic E-state index is 0.313. The van der Waals surface area contributed by atoms with Gasteiger partial charge in [0.1, 0.15) is 5.75 Å². The number of ether oxygens (including phenoxy) is 1. The van der Waals surface area contributed by atoms with Crippen molar-refractivity contribution >= 4 is 0 Å². The molecule has 1 fully saturated rings. The first kappa shape index (κ1) is 11.1. The Labute approximate surface area is 103 Å². The molecule has 0 aromatic heterocycles. The van der Waals surface area contributed by atoms with Gasteiger partial charge in [-0.25, -0.2) is 0 Å². The summed E-state index contributed by atoms with van der Waals surface area (Å²) in [5, 5.41) is 0. The summed E-state index contributed by atoms with van der Waals surface area (Å²) in [6.45, 7) is 0.842. The maximum absolute atomic E-state index is 6.35. The van der Waals surface area contributed by atoms with Gasteiger partial charge in [-0.1, -0.05) is 37.5 Å². The average molecular weight is 231 g/mol. The molecule has 1 aromatic rings. The summed E-state index contributed by atoms with van der Waals surface area (Å²) in [7, 11) is 0. The summed E-state index contributed by atoms with van der Waals surface area (Å²) in [6.07, 6.45) is 7.37. The van der Waals surface area contributed by atoms with Crippen LogP contribution in [0.1, 0.15) is 49.1 Å². The highest BCUT2D eigenvalue weighted by Crippen LogP contribution is 2.39. The van der Waals surface area contributed by atoms with Crippen LogP contribution in [0.2, 0.25) is 0 Å². The van der Waals surface area contributed by atoms with Crippen molar-refractivity contribution in [3.63, 3.8) is 0 Å². The average Bonchev–Trinajstić information content (AvgIpc) is 2.72. The van der Waals surface area contributed by atoms with Crippen LogP contribution < -0.4 is 10.5 Å². The molecule has 1 aromatic carbocycles. The van der Waals surface area contributed by atoms with Gasteiger partial charge in [0.2, 0.25) is 0 Å². The number of rotatable bonds is 1. The molecule has 3 rings (SSSR count). The Morgan fingerprint density at radius 3 is 2.94 bits per heavy atom. The molecular weight excluding hydrogens is 210 g/mol. The first-order valence-corrected chi connectivity index (χ1v) is 6.86. The summed E-state index contributed by atoms with van der Waals surface area (Å²) in [4.78, 5) is 0. The Kier molecular flexibility index (Phi) is 3.06. The van der Waals surface area contributed by atoms with Crippen LogP contribution in [0.5, 0.6) is 5.75 Å². The minimum Gasteiger partial charge on any atom is -0.493 e. The van der Waals surface area contributed by atoms with Crippen molar-refractivity contribution in [2.75, 3.05) is 6.61 Å². The molecular formula is C15H21NO. The third-order valence-electron chi connectivity index (χ3n) is 4.21. The third kappa shape index (κ3) is 2.06. The van der Waals surface area contributed by atoms with Gasteiger partial charge >= 0.3 is 0 Å². The van der Waals surface area contributed by atoms with Gasteiger partial charge in [-0.15, -0.1) is 0 Å². The first-order valence-electron chi connectivity index (χ1n) is 6.86. The fourth-order valence-corrected chi connectivity index (χ4v) is 3.26. The van der Waals surface area contributed by atoms with Crippen LogP contribution in [0.25, 0.3) is 0 Å². The maximum atomic E-state index is 6.35. The van der Waals surface area contributed by atoms with Crippen molar-refractivity contribution in [1.82, 2.24) is 0 Å². The molecule has 2 heteroatoms. The molecule has 2 atom stereocenters. The van der Waals surface area contributed by atoms with Crippen LogP contribution in [0.3, 0.4) is 0 Å². The van der Waals surface area contributed by atoms with Crippen LogP contribution in [-0.4, -0.2) is 12.6 Å². The topological polar surface area (TPSA) is 35.2 Å². The number of nitrogens with two attached hydrogens (primary N) is 1. The van der Waals surface area contributed by atoms with E-state index in [9.17, 15) is 0 Å². The maximum Gasteiger partial charge on any atom is 0.126 e. The van der Waals surface area contributed by atoms with E-state index in [1.807, 2.05) is 0 Å². The molecule has 2 aliphatic rings. The van der Waals surface area contributed by atoms with Crippen LogP contribution in [0.4, 0.5) is 0 Å². The quantitative estimate of drug-likeness (QED) is 0.754. The van der Waals surface area contributed by atoms with Gasteiger partial charge in [-0.3, -0.25) is 0 Å². The van der Waals surface area contributed by atoms with Gasteiger partial charge in [0, 0.05) is 18.4 Å². The van der Waals surface area contributed by atoms with Crippen molar-refractivity contribution in [2.24, 2.45) is 5.73 Å². The fraction of sp³-hybridized carbons (Fsp3) is 0.600. The summed E-state index contributed by atoms with van der Waals surface area (Å²) in [6, 6.07) is 6.89. The lowest BCUT2D eigenvalue weighted by Gasteiger charge is -2.23. The number of para-hydroxylation sites is 1. The van der Waals surface area contributed by atoms with E-state index in [-0.39, 0.29) is 0 Å². The Balaban J connectivity index is 1.94. The second-order valence-corrected chi connectivity index (χ2v) is 5.34. The van der Waals surface area contributed by atoms with E-state index >= 15 is 0 Å².